The van der Waals surface area contributed by atoms with E-state index >= 15 is 0 Å². The van der Waals surface area contributed by atoms with Crippen LogP contribution in [0.5, 0.6) is 0 Å². The van der Waals surface area contributed by atoms with Crippen LogP contribution in [0.25, 0.3) is 0 Å². The van der Waals surface area contributed by atoms with Crippen molar-refractivity contribution in [3.8, 4) is 0 Å². The first-order chi connectivity index (χ1) is 2.39. The Hall–Kier alpha value is 0.0249. The molecule has 0 amide bonds. The van der Waals surface area contributed by atoms with Crippen LogP contribution in [0.3, 0.4) is 0 Å². The van der Waals surface area contributed by atoms with E-state index in [0.29, 0.717) is 6.85 Å². The van der Waals surface area contributed by atoms with E-state index in [2.05, 4.69) is 0 Å². The van der Waals surface area contributed by atoms with Gasteiger partial charge in [0.2, 0.25) is 6.85 Å². The number of rotatable bonds is 0. The first-order valence-corrected chi connectivity index (χ1v) is 2.15. The minimum atomic E-state index is 0.565. The molecule has 1 nitrogen and oxygen atoms in total. The largest absolute Gasteiger partial charge is 0.370 e. The van der Waals surface area contributed by atoms with Crippen molar-refractivity contribution in [3.05, 3.63) is 0 Å². The lowest BCUT2D eigenvalue weighted by molar-refractivity contribution is 0.931. The first-order valence-electron chi connectivity index (χ1n) is 2.15. The summed E-state index contributed by atoms with van der Waals surface area (Å²) in [6, 6.07) is 0. The number of hydrogen-bond acceptors (Lipinski definition) is 1. The van der Waals surface area contributed by atoms with Crippen molar-refractivity contribution in [1.29, 1.82) is 0 Å². The van der Waals surface area contributed by atoms with Crippen molar-refractivity contribution in [3.63, 3.8) is 0 Å². The summed E-state index contributed by atoms with van der Waals surface area (Å²) in [5.41, 5.74) is 5.38. The van der Waals surface area contributed by atoms with Gasteiger partial charge in [0.1, 0.15) is 0 Å². The highest BCUT2D eigenvalue weighted by Gasteiger charge is 2.15. The van der Waals surface area contributed by atoms with Crippen LogP contribution in [0.2, 0.25) is 12.6 Å². The molecule has 0 aromatic carbocycles. The van der Waals surface area contributed by atoms with Gasteiger partial charge in [-0.1, -0.05) is 19.1 Å². The Morgan fingerprint density at radius 2 is 1.80 bits per heavy atom. The van der Waals surface area contributed by atoms with E-state index < -0.39 is 0 Å². The summed E-state index contributed by atoms with van der Waals surface area (Å²) in [4.78, 5) is 0. The number of nitrogens with two attached hydrogens (primary N) is 1. The minimum absolute atomic E-state index is 0.565. The maximum Gasteiger partial charge on any atom is 0.217 e. The fraction of sp³-hybridized carbons (Fsp3) is 1.00. The van der Waals surface area contributed by atoms with Gasteiger partial charge in [-0.3, -0.25) is 0 Å². The van der Waals surface area contributed by atoms with Gasteiger partial charge in [-0.2, -0.15) is 0 Å². The Balaban J connectivity index is 2.08. The van der Waals surface area contributed by atoms with Gasteiger partial charge in [0.05, 0.1) is 0 Å². The minimum Gasteiger partial charge on any atom is -0.370 e. The normalized spacial score (nSPS) is 22.2. The molecule has 1 saturated heterocycles. The van der Waals surface area contributed by atoms with Crippen molar-refractivity contribution in [2.75, 3.05) is 0 Å². The summed E-state index contributed by atoms with van der Waals surface area (Å²) in [6.45, 7) is 0.565. The summed E-state index contributed by atoms with van der Waals surface area (Å²) in [5.74, 6) is 0. The van der Waals surface area contributed by atoms with Crippen LogP contribution in [0.4, 0.5) is 0 Å². The third-order valence-corrected chi connectivity index (χ3v) is 1.15. The van der Waals surface area contributed by atoms with Gasteiger partial charge in [0.25, 0.3) is 0 Å². The van der Waals surface area contributed by atoms with E-state index in [1.165, 1.54) is 19.1 Å². The van der Waals surface area contributed by atoms with E-state index in [9.17, 15) is 0 Å². The molecule has 1 aliphatic heterocycles. The summed E-state index contributed by atoms with van der Waals surface area (Å²) in [5, 5.41) is 0. The van der Waals surface area contributed by atoms with Crippen molar-refractivity contribution >= 4 is 6.85 Å². The molecule has 0 saturated carbocycles. The molecule has 28 valence electrons. The summed E-state index contributed by atoms with van der Waals surface area (Å²) >= 11 is 0. The lowest BCUT2D eigenvalue weighted by atomic mass is 9.46. The van der Waals surface area contributed by atoms with Gasteiger partial charge in [-0.25, -0.2) is 0 Å². The van der Waals surface area contributed by atoms with Crippen LogP contribution in [-0.2, 0) is 0 Å². The molecule has 0 aromatic rings. The SMILES string of the molecule is NB1CCC1. The van der Waals surface area contributed by atoms with Gasteiger partial charge in [0, 0.05) is 0 Å². The van der Waals surface area contributed by atoms with Crippen LogP contribution < -0.4 is 5.64 Å². The predicted octanol–water partition coefficient (Wildman–Crippen LogP) is 0.340. The molecular formula is C3H8BN. The Bertz CT molecular complexity index is 33.9. The van der Waals surface area contributed by atoms with E-state index in [-0.39, 0.29) is 0 Å². The zero-order valence-electron chi connectivity index (χ0n) is 3.28. The van der Waals surface area contributed by atoms with Crippen LogP contribution in [0.15, 0.2) is 0 Å². The fourth-order valence-corrected chi connectivity index (χ4v) is 0.440. The van der Waals surface area contributed by atoms with Crippen molar-refractivity contribution in [2.45, 2.75) is 19.1 Å². The van der Waals surface area contributed by atoms with Gasteiger partial charge >= 0.3 is 0 Å². The molecule has 0 bridgehead atoms. The van der Waals surface area contributed by atoms with E-state index in [0.717, 1.165) is 0 Å². The summed E-state index contributed by atoms with van der Waals surface area (Å²) in [7, 11) is 0. The Labute approximate surface area is 32.6 Å². The van der Waals surface area contributed by atoms with Crippen LogP contribution in [0.1, 0.15) is 6.42 Å². The molecule has 1 rings (SSSR count). The van der Waals surface area contributed by atoms with Gasteiger partial charge in [-0.05, 0) is 0 Å². The third kappa shape index (κ3) is 0.455. The second-order valence-corrected chi connectivity index (χ2v) is 1.69. The van der Waals surface area contributed by atoms with E-state index in [1.54, 1.807) is 0 Å². The molecule has 1 aliphatic rings. The van der Waals surface area contributed by atoms with Crippen molar-refractivity contribution in [2.24, 2.45) is 5.64 Å². The lowest BCUT2D eigenvalue weighted by Crippen LogP contribution is -2.31. The molecule has 0 spiro atoms. The van der Waals surface area contributed by atoms with Crippen molar-refractivity contribution < 1.29 is 0 Å². The molecule has 5 heavy (non-hydrogen) atoms. The third-order valence-electron chi connectivity index (χ3n) is 1.15. The molecule has 0 unspecified atom stereocenters. The zero-order valence-corrected chi connectivity index (χ0v) is 3.28. The molecule has 2 N–H and O–H groups in total. The maximum atomic E-state index is 5.38. The van der Waals surface area contributed by atoms with Crippen LogP contribution >= 0.6 is 0 Å². The molecule has 1 heterocycles. The fourth-order valence-electron chi connectivity index (χ4n) is 0.440. The standard InChI is InChI=1S/C3H8BN/c5-4-2-1-3-4/h1-3,5H2. The first kappa shape index (κ1) is 3.22. The smallest absolute Gasteiger partial charge is 0.217 e. The van der Waals surface area contributed by atoms with Gasteiger partial charge in [-0.15, -0.1) is 0 Å². The topological polar surface area (TPSA) is 26.0 Å². The Morgan fingerprint density at radius 3 is 1.80 bits per heavy atom. The Morgan fingerprint density at radius 1 is 1.40 bits per heavy atom. The van der Waals surface area contributed by atoms with E-state index in [1.807, 2.05) is 0 Å². The molecule has 0 aliphatic carbocycles. The van der Waals surface area contributed by atoms with Gasteiger partial charge < -0.3 is 5.64 Å². The van der Waals surface area contributed by atoms with Gasteiger partial charge in [0.15, 0.2) is 0 Å². The highest BCUT2D eigenvalue weighted by atomic mass is 14.4. The predicted molar refractivity (Wildman–Crippen MR) is 24.2 cm³/mol. The molecule has 0 radical (unpaired) electrons. The van der Waals surface area contributed by atoms with E-state index in [4.69, 9.17) is 5.64 Å². The van der Waals surface area contributed by atoms with Crippen molar-refractivity contribution in [1.82, 2.24) is 0 Å². The monoisotopic (exact) mass is 69.1 g/mol. The second-order valence-electron chi connectivity index (χ2n) is 1.69. The molecule has 2 heteroatoms. The van der Waals surface area contributed by atoms with Crippen LogP contribution in [0, 0.1) is 0 Å². The number of hydrogen-bond donors (Lipinski definition) is 1. The molecular weight excluding hydrogens is 60.9 g/mol. The lowest BCUT2D eigenvalue weighted by Gasteiger charge is -2.14. The highest BCUT2D eigenvalue weighted by Crippen LogP contribution is 2.13. The Kier molecular flexibility index (Phi) is 0.654. The average Bonchev–Trinajstić information content (AvgIpc) is 1.30. The molecule has 1 fully saturated rings. The molecule has 0 atom stereocenters. The molecule has 0 aromatic heterocycles. The maximum absolute atomic E-state index is 5.38. The zero-order chi connectivity index (χ0) is 3.70. The quantitative estimate of drug-likeness (QED) is 0.408. The average molecular weight is 68.9 g/mol. The highest BCUT2D eigenvalue weighted by molar-refractivity contribution is 6.58. The summed E-state index contributed by atoms with van der Waals surface area (Å²) < 4.78 is 0. The van der Waals surface area contributed by atoms with Crippen LogP contribution in [-0.4, -0.2) is 6.85 Å². The second kappa shape index (κ2) is 1.01. The summed E-state index contributed by atoms with van der Waals surface area (Å²) in [6.07, 6.45) is 3.89.